The molecular formula is C52H63N11O6. The van der Waals surface area contributed by atoms with Crippen LogP contribution in [0, 0.1) is 0 Å². The number of fused-ring (bicyclic) bond motifs is 2. The number of anilines is 2. The summed E-state index contributed by atoms with van der Waals surface area (Å²) in [7, 11) is 0. The molecular weight excluding hydrogens is 875 g/mol. The highest BCUT2D eigenvalue weighted by Gasteiger charge is 2.45. The molecule has 17 nitrogen and oxygen atoms in total. The van der Waals surface area contributed by atoms with Gasteiger partial charge >= 0.3 is 0 Å². The van der Waals surface area contributed by atoms with Crippen LogP contribution in [0.4, 0.5) is 11.5 Å². The minimum Gasteiger partial charge on any atom is -0.457 e. The number of hydrogen-bond donors (Lipinski definition) is 3. The van der Waals surface area contributed by atoms with Crippen LogP contribution in [0.5, 0.6) is 11.5 Å². The molecule has 4 N–H and O–H groups in total. The minimum absolute atomic E-state index is 0.0211. The number of ether oxygens (including phenoxy) is 1. The number of nitrogens with two attached hydrogens (primary N) is 1. The van der Waals surface area contributed by atoms with Crippen molar-refractivity contribution in [2.75, 3.05) is 70.0 Å². The van der Waals surface area contributed by atoms with E-state index in [1.807, 2.05) is 64.2 Å². The molecule has 0 saturated carbocycles. The maximum Gasteiger partial charge on any atom is 0.264 e. The lowest BCUT2D eigenvalue weighted by atomic mass is 10.0. The lowest BCUT2D eigenvalue weighted by Gasteiger charge is -2.35. The lowest BCUT2D eigenvalue weighted by molar-refractivity contribution is -0.136. The van der Waals surface area contributed by atoms with Gasteiger partial charge in [-0.05, 0) is 100 Å². The number of nitrogens with one attached hydrogen (secondary N) is 2. The molecule has 17 heteroatoms. The summed E-state index contributed by atoms with van der Waals surface area (Å²) in [5.41, 5.74) is 9.92. The zero-order valence-corrected chi connectivity index (χ0v) is 39.3. The molecule has 3 saturated heterocycles. The third-order valence-corrected chi connectivity index (χ3v) is 14.0. The predicted molar refractivity (Wildman–Crippen MR) is 263 cm³/mol. The molecule has 3 fully saturated rings. The Labute approximate surface area is 402 Å². The second-order valence-corrected chi connectivity index (χ2v) is 18.7. The summed E-state index contributed by atoms with van der Waals surface area (Å²) in [6, 6.07) is 21.6. The van der Waals surface area contributed by atoms with Gasteiger partial charge in [0.05, 0.1) is 22.6 Å². The van der Waals surface area contributed by atoms with E-state index in [1.54, 1.807) is 18.2 Å². The highest BCUT2D eigenvalue weighted by atomic mass is 16.5. The fourth-order valence-corrected chi connectivity index (χ4v) is 10.2. The molecule has 2 aromatic heterocycles. The zero-order chi connectivity index (χ0) is 47.7. The van der Waals surface area contributed by atoms with E-state index in [0.717, 1.165) is 106 Å². The molecule has 69 heavy (non-hydrogen) atoms. The number of rotatable bonds is 20. The van der Waals surface area contributed by atoms with Gasteiger partial charge in [-0.3, -0.25) is 34.2 Å². The van der Waals surface area contributed by atoms with Gasteiger partial charge in [0, 0.05) is 69.9 Å². The SMILES string of the molecule is Nc1ncnc2c1c(-c1ccc(Oc3ccccc3)cc1)nn2C1CCCN(C(=O)CCCN2CCN(CCCCCCCCCNc3cccc4c3C(=O)N(C3CCC(=O)NC3=O)C4=O)CC2)C1. The Bertz CT molecular complexity index is 2630. The monoisotopic (exact) mass is 937 g/mol. The standard InChI is InChI=1S/C52H63N11O6/c53-48-46-47(36-20-22-39(23-21-36)69-38-15-7-6-8-16-38)58-63(49(46)56-35-55-48)37-14-12-29-61(34-37)44(65)19-13-28-60-32-30-59(31-33-60)27-10-5-3-1-2-4-9-26-54-41-18-11-17-40-45(41)52(68)62(51(40)67)42-24-25-43(64)57-50(42)66/h6-8,11,15-18,20-23,35,37,42,54H,1-5,9-10,12-14,19,24-34H2,(H2,53,55,56)(H,57,64,66). The number of para-hydroxylation sites is 1. The van der Waals surface area contributed by atoms with Crippen LogP contribution in [0.3, 0.4) is 0 Å². The minimum atomic E-state index is -0.972. The van der Waals surface area contributed by atoms with Gasteiger partial charge < -0.3 is 30.5 Å². The summed E-state index contributed by atoms with van der Waals surface area (Å²) in [5.74, 6) is 0.0845. The normalized spacial score (nSPS) is 19.0. The Morgan fingerprint density at radius 2 is 1.46 bits per heavy atom. The molecule has 362 valence electrons. The van der Waals surface area contributed by atoms with Crippen LogP contribution in [0.25, 0.3) is 22.3 Å². The quantitative estimate of drug-likeness (QED) is 0.0552. The van der Waals surface area contributed by atoms with Crippen LogP contribution in [0.2, 0.25) is 0 Å². The maximum atomic E-state index is 13.6. The number of piperazine rings is 1. The number of imide groups is 2. The highest BCUT2D eigenvalue weighted by Crippen LogP contribution is 2.36. The first-order chi connectivity index (χ1) is 33.7. The summed E-state index contributed by atoms with van der Waals surface area (Å²) in [5, 5.41) is 11.4. The summed E-state index contributed by atoms with van der Waals surface area (Å²) in [4.78, 5) is 81.1. The third-order valence-electron chi connectivity index (χ3n) is 14.0. The van der Waals surface area contributed by atoms with E-state index in [1.165, 1.54) is 32.0 Å². The summed E-state index contributed by atoms with van der Waals surface area (Å²) >= 11 is 0. The Kier molecular flexibility index (Phi) is 15.2. The van der Waals surface area contributed by atoms with Crippen LogP contribution in [0.15, 0.2) is 79.1 Å². The van der Waals surface area contributed by atoms with Gasteiger partial charge in [-0.2, -0.15) is 5.10 Å². The van der Waals surface area contributed by atoms with E-state index in [0.29, 0.717) is 58.9 Å². The number of hydrogen-bond acceptors (Lipinski definition) is 13. The van der Waals surface area contributed by atoms with E-state index in [-0.39, 0.29) is 30.7 Å². The van der Waals surface area contributed by atoms with E-state index in [2.05, 4.69) is 30.4 Å². The predicted octanol–water partition coefficient (Wildman–Crippen LogP) is 6.67. The summed E-state index contributed by atoms with van der Waals surface area (Å²) in [6.45, 7) is 8.26. The van der Waals surface area contributed by atoms with Gasteiger partial charge in [0.1, 0.15) is 35.4 Å². The molecule has 0 radical (unpaired) electrons. The van der Waals surface area contributed by atoms with E-state index >= 15 is 0 Å². The summed E-state index contributed by atoms with van der Waals surface area (Å²) in [6.07, 6.45) is 12.8. The molecule has 2 atom stereocenters. The second kappa shape index (κ2) is 22.1. The van der Waals surface area contributed by atoms with E-state index in [4.69, 9.17) is 15.6 Å². The van der Waals surface area contributed by atoms with Gasteiger partial charge in [-0.25, -0.2) is 14.6 Å². The highest BCUT2D eigenvalue weighted by molar-refractivity contribution is 6.25. The fraction of sp³-hybridized carbons (Fsp3) is 0.462. The number of likely N-dealkylation sites (tertiary alicyclic amines) is 1. The lowest BCUT2D eigenvalue weighted by Crippen LogP contribution is -2.54. The number of nitrogen functional groups attached to an aromatic ring is 1. The molecule has 2 unspecified atom stereocenters. The third kappa shape index (κ3) is 11.1. The molecule has 0 aliphatic carbocycles. The molecule has 4 aliphatic heterocycles. The van der Waals surface area contributed by atoms with Gasteiger partial charge in [0.15, 0.2) is 5.65 Å². The molecule has 9 rings (SSSR count). The van der Waals surface area contributed by atoms with Crippen LogP contribution >= 0.6 is 0 Å². The average molecular weight is 938 g/mol. The molecule has 5 amide bonds. The number of piperidine rings is 2. The van der Waals surface area contributed by atoms with Crippen molar-refractivity contribution in [2.45, 2.75) is 95.6 Å². The number of amides is 5. The van der Waals surface area contributed by atoms with Crippen LogP contribution in [-0.2, 0) is 14.4 Å². The number of carbonyl (C=O) groups is 5. The number of nitrogens with zero attached hydrogens (tertiary/aromatic N) is 8. The molecule has 6 heterocycles. The van der Waals surface area contributed by atoms with E-state index in [9.17, 15) is 24.0 Å². The fourth-order valence-electron chi connectivity index (χ4n) is 10.2. The summed E-state index contributed by atoms with van der Waals surface area (Å²) < 4.78 is 7.96. The molecule has 0 bridgehead atoms. The maximum absolute atomic E-state index is 13.6. The van der Waals surface area contributed by atoms with Gasteiger partial charge in [-0.15, -0.1) is 0 Å². The Balaban J connectivity index is 0.637. The zero-order valence-electron chi connectivity index (χ0n) is 39.3. The second-order valence-electron chi connectivity index (χ2n) is 18.7. The first-order valence-corrected chi connectivity index (χ1v) is 24.8. The average Bonchev–Trinajstić information content (AvgIpc) is 3.88. The number of aromatic nitrogens is 4. The van der Waals surface area contributed by atoms with Gasteiger partial charge in [0.2, 0.25) is 17.7 Å². The van der Waals surface area contributed by atoms with Crippen LogP contribution < -0.4 is 21.1 Å². The van der Waals surface area contributed by atoms with Crippen molar-refractivity contribution in [3.8, 4) is 22.8 Å². The van der Waals surface area contributed by atoms with Crippen molar-refractivity contribution in [3.05, 3.63) is 90.3 Å². The molecule has 0 spiro atoms. The number of benzene rings is 3. The van der Waals surface area contributed by atoms with Crippen molar-refractivity contribution in [1.29, 1.82) is 0 Å². The smallest absolute Gasteiger partial charge is 0.264 e. The van der Waals surface area contributed by atoms with Gasteiger partial charge in [-0.1, -0.05) is 56.4 Å². The van der Waals surface area contributed by atoms with Crippen molar-refractivity contribution < 1.29 is 28.7 Å². The topological polar surface area (TPSA) is 201 Å². The number of carbonyl (C=O) groups excluding carboxylic acids is 5. The van der Waals surface area contributed by atoms with E-state index < -0.39 is 23.8 Å². The molecule has 5 aromatic rings. The first kappa shape index (κ1) is 47.4. The Morgan fingerprint density at radius 3 is 2.22 bits per heavy atom. The van der Waals surface area contributed by atoms with Crippen LogP contribution in [0.1, 0.15) is 110 Å². The number of unbranched alkanes of at least 4 members (excludes halogenated alkanes) is 6. The van der Waals surface area contributed by atoms with Crippen molar-refractivity contribution >= 4 is 52.1 Å². The molecule has 3 aromatic carbocycles. The van der Waals surface area contributed by atoms with Gasteiger partial charge in [0.25, 0.3) is 11.8 Å². The largest absolute Gasteiger partial charge is 0.457 e. The Hall–Kier alpha value is -6.72. The molecule has 4 aliphatic rings. The van der Waals surface area contributed by atoms with Crippen molar-refractivity contribution in [3.63, 3.8) is 0 Å². The van der Waals surface area contributed by atoms with Crippen LogP contribution in [-0.4, -0.2) is 134 Å². The van der Waals surface area contributed by atoms with Crippen molar-refractivity contribution in [2.24, 2.45) is 0 Å². The first-order valence-electron chi connectivity index (χ1n) is 24.8. The van der Waals surface area contributed by atoms with Crippen molar-refractivity contribution in [1.82, 2.24) is 44.7 Å². The Morgan fingerprint density at radius 1 is 0.754 bits per heavy atom.